The van der Waals surface area contributed by atoms with Crippen LogP contribution in [0.3, 0.4) is 0 Å². The van der Waals surface area contributed by atoms with Gasteiger partial charge in [-0.1, -0.05) is 25.6 Å². The Bertz CT molecular complexity index is 106. The molecule has 7 heavy (non-hydrogen) atoms. The molecule has 0 spiro atoms. The van der Waals surface area contributed by atoms with Crippen LogP contribution in [0.4, 0.5) is 0 Å². The number of fused-ring (bicyclic) bond motifs is 2. The summed E-state index contributed by atoms with van der Waals surface area (Å²) in [6, 6.07) is 0. The number of rotatable bonds is 0. The minimum absolute atomic E-state index is 0.0382. The average Bonchev–Trinajstić information content (AvgIpc) is 2.37. The van der Waals surface area contributed by atoms with E-state index in [9.17, 15) is 0 Å². The standard InChI is InChI=1S/C7H12/c1-2-7-4-3-6(1)5-7/h6-7H,1-5H2/t6-,7+/i1D,2D/t1-,2+,6-,7+. The molecular weight excluding hydrogens is 84.1 g/mol. The molecule has 0 heteroatoms. The summed E-state index contributed by atoms with van der Waals surface area (Å²) in [4.78, 5) is 0. The van der Waals surface area contributed by atoms with E-state index in [2.05, 4.69) is 0 Å². The lowest BCUT2D eigenvalue weighted by molar-refractivity contribution is 0.480. The van der Waals surface area contributed by atoms with E-state index < -0.39 is 0 Å². The van der Waals surface area contributed by atoms with Gasteiger partial charge in [0.25, 0.3) is 0 Å². The summed E-state index contributed by atoms with van der Waals surface area (Å²) in [5.41, 5.74) is 0. The van der Waals surface area contributed by atoms with Crippen LogP contribution in [0.25, 0.3) is 0 Å². The second-order valence-corrected chi connectivity index (χ2v) is 2.72. The summed E-state index contributed by atoms with van der Waals surface area (Å²) in [6.07, 6.45) is 3.57. The Morgan fingerprint density at radius 2 is 1.71 bits per heavy atom. The lowest BCUT2D eigenvalue weighted by Gasteiger charge is -2.05. The van der Waals surface area contributed by atoms with Gasteiger partial charge in [0.1, 0.15) is 0 Å². The first-order chi connectivity index (χ1) is 4.29. The van der Waals surface area contributed by atoms with Crippen LogP contribution in [0.15, 0.2) is 0 Å². The van der Waals surface area contributed by atoms with E-state index in [1.807, 2.05) is 0 Å². The molecule has 2 aliphatic carbocycles. The minimum Gasteiger partial charge on any atom is -0.0502 e. The Labute approximate surface area is 47.7 Å². The van der Waals surface area contributed by atoms with E-state index in [0.717, 1.165) is 0 Å². The predicted molar refractivity (Wildman–Crippen MR) is 30.1 cm³/mol. The summed E-state index contributed by atoms with van der Waals surface area (Å²) >= 11 is 0. The molecule has 0 heterocycles. The molecular formula is C7H12. The van der Waals surface area contributed by atoms with Gasteiger partial charge in [-0.3, -0.25) is 0 Å². The van der Waals surface area contributed by atoms with Crippen molar-refractivity contribution in [2.24, 2.45) is 11.8 Å². The Balaban J connectivity index is 2.15. The molecule has 0 aliphatic heterocycles. The molecule has 40 valence electrons. The molecule has 2 aliphatic rings. The van der Waals surface area contributed by atoms with Gasteiger partial charge in [-0.15, -0.1) is 0 Å². The third-order valence-corrected chi connectivity index (χ3v) is 2.17. The topological polar surface area (TPSA) is 0 Å². The third kappa shape index (κ3) is 0.490. The molecule has 4 atom stereocenters. The van der Waals surface area contributed by atoms with E-state index in [-0.39, 0.29) is 12.8 Å². The molecule has 2 bridgehead atoms. The van der Waals surface area contributed by atoms with Gasteiger partial charge in [-0.2, -0.15) is 0 Å². The second kappa shape index (κ2) is 1.24. The van der Waals surface area contributed by atoms with Gasteiger partial charge in [0.2, 0.25) is 0 Å². The summed E-state index contributed by atoms with van der Waals surface area (Å²) in [6.45, 7) is 0. The lowest BCUT2D eigenvalue weighted by atomic mass is 10.0. The Kier molecular flexibility index (Phi) is 0.446. The molecule has 0 N–H and O–H groups in total. The zero-order valence-corrected chi connectivity index (χ0v) is 4.43. The Morgan fingerprint density at radius 3 is 2.00 bits per heavy atom. The SMILES string of the molecule is [2H][C@@H]1[C@H]2CC[C@H](C2)[C@@H]1[2H]. The second-order valence-electron chi connectivity index (χ2n) is 2.72. The maximum atomic E-state index is 7.54. The first-order valence-corrected chi connectivity index (χ1v) is 3.13. The summed E-state index contributed by atoms with van der Waals surface area (Å²) in [7, 11) is 0. The maximum Gasteiger partial charge on any atom is 0.0269 e. The van der Waals surface area contributed by atoms with Crippen molar-refractivity contribution < 1.29 is 2.74 Å². The summed E-state index contributed by atoms with van der Waals surface area (Å²) < 4.78 is 15.1. The highest BCUT2D eigenvalue weighted by molar-refractivity contribution is 4.82. The van der Waals surface area contributed by atoms with Crippen LogP contribution in [0, 0.1) is 11.8 Å². The smallest absolute Gasteiger partial charge is 0.0269 e. The molecule has 0 aromatic rings. The lowest BCUT2D eigenvalue weighted by Crippen LogP contribution is -1.90. The van der Waals surface area contributed by atoms with Crippen molar-refractivity contribution in [2.45, 2.75) is 32.1 Å². The first kappa shape index (κ1) is 2.52. The molecule has 2 rings (SSSR count). The molecule has 0 aromatic carbocycles. The van der Waals surface area contributed by atoms with Crippen LogP contribution in [-0.4, -0.2) is 0 Å². The highest BCUT2D eigenvalue weighted by Crippen LogP contribution is 2.43. The van der Waals surface area contributed by atoms with Crippen molar-refractivity contribution in [3.05, 3.63) is 0 Å². The van der Waals surface area contributed by atoms with Crippen LogP contribution in [0.1, 0.15) is 34.8 Å². The average molecular weight is 98.2 g/mol. The molecule has 0 nitrogen and oxygen atoms in total. The van der Waals surface area contributed by atoms with E-state index in [1.165, 1.54) is 19.3 Å². The van der Waals surface area contributed by atoms with Gasteiger partial charge >= 0.3 is 0 Å². The van der Waals surface area contributed by atoms with Crippen molar-refractivity contribution in [2.75, 3.05) is 0 Å². The highest BCUT2D eigenvalue weighted by Gasteiger charge is 2.30. The zero-order valence-electron chi connectivity index (χ0n) is 6.43. The monoisotopic (exact) mass is 98.1 g/mol. The van der Waals surface area contributed by atoms with Crippen molar-refractivity contribution >= 4 is 0 Å². The maximum absolute atomic E-state index is 7.54. The molecule has 0 saturated heterocycles. The Hall–Kier alpha value is 0. The van der Waals surface area contributed by atoms with Crippen molar-refractivity contribution in [3.63, 3.8) is 0 Å². The molecule has 0 radical (unpaired) electrons. The predicted octanol–water partition coefficient (Wildman–Crippen LogP) is 2.20. The van der Waals surface area contributed by atoms with E-state index >= 15 is 0 Å². The highest BCUT2D eigenvalue weighted by atomic mass is 14.4. The van der Waals surface area contributed by atoms with Crippen LogP contribution in [0.5, 0.6) is 0 Å². The summed E-state index contributed by atoms with van der Waals surface area (Å²) in [5.74, 6) is 1.19. The van der Waals surface area contributed by atoms with Gasteiger partial charge in [0.15, 0.2) is 0 Å². The minimum atomic E-state index is -0.0382. The third-order valence-electron chi connectivity index (χ3n) is 2.17. The molecule has 2 fully saturated rings. The number of hydrogen-bond donors (Lipinski definition) is 0. The van der Waals surface area contributed by atoms with Crippen LogP contribution in [0.2, 0.25) is 0 Å². The van der Waals surface area contributed by atoms with Gasteiger partial charge in [-0.05, 0) is 18.3 Å². The fourth-order valence-corrected chi connectivity index (χ4v) is 1.72. The van der Waals surface area contributed by atoms with E-state index in [1.54, 1.807) is 0 Å². The molecule has 0 amide bonds. The fraction of sp³-hybridized carbons (Fsp3) is 1.00. The molecule has 0 aromatic heterocycles. The van der Waals surface area contributed by atoms with Crippen LogP contribution in [-0.2, 0) is 0 Å². The quantitative estimate of drug-likeness (QED) is 0.435. The van der Waals surface area contributed by atoms with Crippen LogP contribution < -0.4 is 0 Å². The van der Waals surface area contributed by atoms with E-state index in [0.29, 0.717) is 11.8 Å². The van der Waals surface area contributed by atoms with Crippen LogP contribution >= 0.6 is 0 Å². The number of hydrogen-bond acceptors (Lipinski definition) is 0. The van der Waals surface area contributed by atoms with Gasteiger partial charge in [0.05, 0.1) is 0 Å². The van der Waals surface area contributed by atoms with Gasteiger partial charge < -0.3 is 0 Å². The van der Waals surface area contributed by atoms with Crippen molar-refractivity contribution in [3.8, 4) is 0 Å². The van der Waals surface area contributed by atoms with Gasteiger partial charge in [-0.25, -0.2) is 0 Å². The summed E-state index contributed by atoms with van der Waals surface area (Å²) in [5, 5.41) is 0. The van der Waals surface area contributed by atoms with Crippen molar-refractivity contribution in [1.29, 1.82) is 0 Å². The first-order valence-electron chi connectivity index (χ1n) is 4.29. The molecule has 2 saturated carbocycles. The van der Waals surface area contributed by atoms with E-state index in [4.69, 9.17) is 2.74 Å². The molecule has 0 unspecified atom stereocenters. The van der Waals surface area contributed by atoms with Crippen molar-refractivity contribution in [1.82, 2.24) is 0 Å². The normalized spacial score (nSPS) is 73.1. The van der Waals surface area contributed by atoms with Gasteiger partial charge in [0, 0.05) is 2.74 Å². The fourth-order valence-electron chi connectivity index (χ4n) is 1.72. The Morgan fingerprint density at radius 1 is 1.14 bits per heavy atom. The largest absolute Gasteiger partial charge is 0.0502 e. The zero-order chi connectivity index (χ0) is 6.43.